The third kappa shape index (κ3) is 15.2. The van der Waals surface area contributed by atoms with Crippen molar-refractivity contribution in [3.63, 3.8) is 0 Å². The molecule has 0 bridgehead atoms. The Bertz CT molecular complexity index is 1830. The zero-order chi connectivity index (χ0) is 35.2. The first-order valence-electron chi connectivity index (χ1n) is 13.7. The predicted molar refractivity (Wildman–Crippen MR) is 154 cm³/mol. The fourth-order valence-electron chi connectivity index (χ4n) is 5.15. The van der Waals surface area contributed by atoms with E-state index in [1.165, 1.54) is 56.3 Å². The number of hydrogen-bond acceptors (Lipinski definition) is 14. The number of phenols is 1. The van der Waals surface area contributed by atoms with Crippen LogP contribution in [-0.4, -0.2) is 90.3 Å². The number of ketones is 1. The van der Waals surface area contributed by atoms with Gasteiger partial charge in [0.1, 0.15) is 10.6 Å². The Morgan fingerprint density at radius 2 is 1.22 bits per heavy atom. The van der Waals surface area contributed by atoms with E-state index in [1.54, 1.807) is 0 Å². The minimum absolute atomic E-state index is 0. The second-order valence-corrected chi connectivity index (χ2v) is 12.1. The number of nitrogens with zero attached hydrogens (tertiary/aromatic N) is 2. The van der Waals surface area contributed by atoms with Gasteiger partial charge < -0.3 is 44.7 Å². The van der Waals surface area contributed by atoms with E-state index in [-0.39, 0.29) is 169 Å². The van der Waals surface area contributed by atoms with Crippen LogP contribution < -0.4 is 139 Å². The van der Waals surface area contributed by atoms with Gasteiger partial charge in [0.15, 0.2) is 5.78 Å². The van der Waals surface area contributed by atoms with E-state index < -0.39 is 83.9 Å². The number of Topliss-reactive ketones (excluding diaryl/α,β-unsaturated/α-hetero) is 1. The summed E-state index contributed by atoms with van der Waals surface area (Å²) in [7, 11) is -4.88. The molecule has 2 aromatic carbocycles. The zero-order valence-corrected chi connectivity index (χ0v) is 37.9. The molecular weight excluding hydrogens is 732 g/mol. The standard InChI is InChI=1S/C31H32N2O13S.4Na/c1-17-7-19(9-21(30(17)42)11-32(13-25(34)35)14-26(36)37)29(23-5-3-4-6-24(23)47(44,45)46)20-8-18(2)31(43)22(10-20)12-33(15-27(38)39)16-28(40)41;;;;/h3-10,42H,11-16H2,1-2H3,(H,34,35)(H,36,37)(H,38,39)(H,40,41)(H,44,45,46);;;;/q;4*+1/p-4. The average molecular weight is 761 g/mol. The SMILES string of the molecule is CC1=CC(=C(c2cc(C)c(O)c(CN(CC(=O)[O-])CC(=O)[O-])c2)c2ccccc2S(=O)(=O)O)C=C(CN(CC(=O)[O-])CC(=O)[O-])C1=O.[Na+].[Na+].[Na+].[Na+]. The molecule has 15 nitrogen and oxygen atoms in total. The molecule has 3 rings (SSSR count). The van der Waals surface area contributed by atoms with Gasteiger partial charge in [0.05, 0.1) is 23.9 Å². The number of aryl methyl sites for hydroxylation is 1. The zero-order valence-electron chi connectivity index (χ0n) is 29.0. The molecule has 0 heterocycles. The smallest absolute Gasteiger partial charge is 0.549 e. The molecular formula is C31H28N2Na4O13S. The van der Waals surface area contributed by atoms with Crippen molar-refractivity contribution in [1.29, 1.82) is 0 Å². The third-order valence-electron chi connectivity index (χ3n) is 6.94. The molecule has 1 aliphatic carbocycles. The normalized spacial score (nSPS) is 13.4. The second-order valence-electron chi connectivity index (χ2n) is 10.7. The van der Waals surface area contributed by atoms with Crippen molar-refractivity contribution in [2.24, 2.45) is 0 Å². The molecule has 0 saturated heterocycles. The number of carboxylic acids is 4. The Morgan fingerprint density at radius 1 is 0.745 bits per heavy atom. The largest absolute Gasteiger partial charge is 1.00 e. The van der Waals surface area contributed by atoms with Crippen LogP contribution >= 0.6 is 0 Å². The van der Waals surface area contributed by atoms with Gasteiger partial charge in [-0.3, -0.25) is 19.1 Å². The molecule has 0 aliphatic heterocycles. The first-order chi connectivity index (χ1) is 21.9. The summed E-state index contributed by atoms with van der Waals surface area (Å²) in [5, 5.41) is 56.0. The van der Waals surface area contributed by atoms with Gasteiger partial charge in [-0.25, -0.2) is 0 Å². The maximum Gasteiger partial charge on any atom is 1.00 e. The molecule has 0 fully saturated rings. The number of allylic oxidation sites excluding steroid dienone is 4. The monoisotopic (exact) mass is 760 g/mol. The summed E-state index contributed by atoms with van der Waals surface area (Å²) in [4.78, 5) is 59.5. The van der Waals surface area contributed by atoms with Gasteiger partial charge in [-0.2, -0.15) is 8.42 Å². The van der Waals surface area contributed by atoms with Crippen molar-refractivity contribution in [2.75, 3.05) is 32.7 Å². The Kier molecular flexibility index (Phi) is 23.3. The first kappa shape index (κ1) is 51.9. The maximum absolute atomic E-state index is 13.2. The van der Waals surface area contributed by atoms with Crippen LogP contribution in [0.3, 0.4) is 0 Å². The number of carbonyl (C=O) groups is 5. The summed E-state index contributed by atoms with van der Waals surface area (Å²) in [5.41, 5.74) is 0.483. The van der Waals surface area contributed by atoms with Gasteiger partial charge >= 0.3 is 118 Å². The third-order valence-corrected chi connectivity index (χ3v) is 7.85. The van der Waals surface area contributed by atoms with Gasteiger partial charge in [-0.1, -0.05) is 18.2 Å². The van der Waals surface area contributed by atoms with Gasteiger partial charge in [0, 0.05) is 56.0 Å². The number of benzene rings is 2. The summed E-state index contributed by atoms with van der Waals surface area (Å²) < 4.78 is 35.1. The predicted octanol–water partition coefficient (Wildman–Crippen LogP) is -15.7. The molecule has 2 N–H and O–H groups in total. The Labute approximate surface area is 382 Å². The molecule has 1 aliphatic rings. The van der Waals surface area contributed by atoms with Crippen LogP contribution in [0.15, 0.2) is 70.2 Å². The molecule has 0 aromatic heterocycles. The van der Waals surface area contributed by atoms with E-state index in [9.17, 15) is 62.5 Å². The van der Waals surface area contributed by atoms with Crippen LogP contribution in [0, 0.1) is 6.92 Å². The first-order valence-corrected chi connectivity index (χ1v) is 15.1. The summed E-state index contributed by atoms with van der Waals surface area (Å²) in [6.45, 7) is -1.49. The number of hydrogen-bond donors (Lipinski definition) is 2. The number of carboxylic acid groups (broad SMARTS) is 4. The van der Waals surface area contributed by atoms with E-state index in [4.69, 9.17) is 0 Å². The number of rotatable bonds is 15. The Morgan fingerprint density at radius 3 is 1.69 bits per heavy atom. The Hall–Kier alpha value is -1.16. The quantitative estimate of drug-likeness (QED) is 0.126. The molecule has 0 amide bonds. The fourth-order valence-corrected chi connectivity index (χ4v) is 5.85. The summed E-state index contributed by atoms with van der Waals surface area (Å²) >= 11 is 0. The number of aromatic hydroxyl groups is 1. The summed E-state index contributed by atoms with van der Waals surface area (Å²) in [5.74, 6) is -7.40. The molecule has 0 unspecified atom stereocenters. The van der Waals surface area contributed by atoms with Crippen LogP contribution in [0.1, 0.15) is 29.2 Å². The fraction of sp³-hybridized carbons (Fsp3) is 0.258. The van der Waals surface area contributed by atoms with E-state index >= 15 is 0 Å². The molecule has 0 atom stereocenters. The van der Waals surface area contributed by atoms with Gasteiger partial charge in [-0.15, -0.1) is 0 Å². The van der Waals surface area contributed by atoms with Crippen LogP contribution in [0.2, 0.25) is 0 Å². The summed E-state index contributed by atoms with van der Waals surface area (Å²) in [6, 6.07) is 8.00. The molecule has 250 valence electrons. The van der Waals surface area contributed by atoms with Gasteiger partial charge in [0.25, 0.3) is 10.1 Å². The Balaban J connectivity index is 0. The number of aliphatic carboxylic acids is 4. The van der Waals surface area contributed by atoms with Crippen LogP contribution in [0.4, 0.5) is 0 Å². The van der Waals surface area contributed by atoms with Crippen molar-refractivity contribution in [3.05, 3.63) is 87.5 Å². The van der Waals surface area contributed by atoms with Crippen molar-refractivity contribution in [1.82, 2.24) is 9.80 Å². The van der Waals surface area contributed by atoms with E-state index in [0.717, 1.165) is 15.9 Å². The molecule has 0 radical (unpaired) electrons. The maximum atomic E-state index is 13.2. The van der Waals surface area contributed by atoms with Crippen LogP contribution in [0.25, 0.3) is 5.57 Å². The molecule has 0 saturated carbocycles. The second kappa shape index (κ2) is 22.9. The molecule has 51 heavy (non-hydrogen) atoms. The summed E-state index contributed by atoms with van der Waals surface area (Å²) in [6.07, 6.45) is 2.66. The van der Waals surface area contributed by atoms with Crippen molar-refractivity contribution in [2.45, 2.75) is 25.3 Å². The minimum Gasteiger partial charge on any atom is -0.549 e. The molecule has 0 spiro atoms. The van der Waals surface area contributed by atoms with Crippen molar-refractivity contribution >= 4 is 45.4 Å². The number of phenolic OH excluding ortho intramolecular Hbond substituents is 1. The van der Waals surface area contributed by atoms with Crippen molar-refractivity contribution in [3.8, 4) is 5.75 Å². The molecule has 2 aromatic rings. The van der Waals surface area contributed by atoms with Crippen molar-refractivity contribution < 1.29 is 181 Å². The minimum atomic E-state index is -4.88. The van der Waals surface area contributed by atoms with E-state index in [0.29, 0.717) is 0 Å². The number of carbonyl (C=O) groups excluding carboxylic acids is 5. The van der Waals surface area contributed by atoms with Crippen LogP contribution in [-0.2, 0) is 40.6 Å². The van der Waals surface area contributed by atoms with E-state index in [1.807, 2.05) is 0 Å². The van der Waals surface area contributed by atoms with Gasteiger partial charge in [-0.05, 0) is 72.0 Å². The molecule has 20 heteroatoms. The van der Waals surface area contributed by atoms with Crippen LogP contribution in [0.5, 0.6) is 5.75 Å². The average Bonchev–Trinajstić information content (AvgIpc) is 2.92. The van der Waals surface area contributed by atoms with E-state index in [2.05, 4.69) is 0 Å². The topological polar surface area (TPSA) is 259 Å². The van der Waals surface area contributed by atoms with Gasteiger partial charge in [0.2, 0.25) is 0 Å².